The first-order chi connectivity index (χ1) is 19.0. The highest BCUT2D eigenvalue weighted by atomic mass is 16.5. The first-order valence-corrected chi connectivity index (χ1v) is 13.3. The number of hydrogen-bond acceptors (Lipinski definition) is 11. The van der Waals surface area contributed by atoms with E-state index in [2.05, 4.69) is 10.6 Å². The van der Waals surface area contributed by atoms with E-state index in [0.29, 0.717) is 88.1 Å². The lowest BCUT2D eigenvalue weighted by Crippen LogP contribution is -2.24. The van der Waals surface area contributed by atoms with Crippen LogP contribution >= 0.6 is 0 Å². The minimum Gasteiger partial charge on any atom is -0.508 e. The van der Waals surface area contributed by atoms with Crippen molar-refractivity contribution in [3.05, 3.63) is 58.7 Å². The van der Waals surface area contributed by atoms with Crippen molar-refractivity contribution in [1.29, 1.82) is 0 Å². The molecule has 0 aliphatic heterocycles. The molecule has 11 nitrogen and oxygen atoms in total. The van der Waals surface area contributed by atoms with Gasteiger partial charge in [0.2, 0.25) is 0 Å². The quantitative estimate of drug-likeness (QED) is 0.0974. The Balaban J connectivity index is 1.34. The second-order valence-electron chi connectivity index (χ2n) is 9.08. The summed E-state index contributed by atoms with van der Waals surface area (Å²) in [6, 6.07) is 9.40. The number of ether oxygens (including phenoxy) is 3. The van der Waals surface area contributed by atoms with Crippen LogP contribution in [0, 0.1) is 0 Å². The van der Waals surface area contributed by atoms with Crippen molar-refractivity contribution in [1.82, 2.24) is 10.6 Å². The predicted molar refractivity (Wildman–Crippen MR) is 145 cm³/mol. The first-order valence-electron chi connectivity index (χ1n) is 13.3. The van der Waals surface area contributed by atoms with E-state index in [-0.39, 0.29) is 24.7 Å². The molecule has 2 rings (SSSR count). The standard InChI is InChI=1S/C28H44N2O9/c31-19-23-15-21(3-5-25(23)33)27(35)17-29-7-1-9-37-11-13-39-14-12-38-10-2-8-30-18-28(36)22-4-6-26(34)24(16-22)20-32/h3-6,15-16,27-36H,1-2,7-14,17-20H2. The molecule has 220 valence electrons. The SMILES string of the molecule is OCc1cc(C(O)CNCCCOCCOCCOCCCNCC(O)c2ccc(O)c(CO)c2)ccc1O. The van der Waals surface area contributed by atoms with E-state index in [9.17, 15) is 30.6 Å². The molecule has 0 aromatic heterocycles. The summed E-state index contributed by atoms with van der Waals surface area (Å²) in [5.41, 5.74) is 2.06. The van der Waals surface area contributed by atoms with Crippen LogP contribution < -0.4 is 10.6 Å². The molecule has 0 saturated heterocycles. The third kappa shape index (κ3) is 13.1. The monoisotopic (exact) mass is 552 g/mol. The molecule has 0 spiro atoms. The lowest BCUT2D eigenvalue weighted by Gasteiger charge is -2.14. The van der Waals surface area contributed by atoms with Crippen molar-refractivity contribution in [2.45, 2.75) is 38.3 Å². The highest BCUT2D eigenvalue weighted by molar-refractivity contribution is 5.37. The van der Waals surface area contributed by atoms with Crippen LogP contribution in [0.2, 0.25) is 0 Å². The number of rotatable bonds is 22. The highest BCUT2D eigenvalue weighted by Crippen LogP contribution is 2.23. The zero-order valence-corrected chi connectivity index (χ0v) is 22.4. The number of nitrogens with one attached hydrogen (secondary N) is 2. The Bertz CT molecular complexity index is 858. The Kier molecular flexibility index (Phi) is 16.6. The smallest absolute Gasteiger partial charge is 0.121 e. The fourth-order valence-electron chi connectivity index (χ4n) is 3.73. The van der Waals surface area contributed by atoms with Crippen LogP contribution in [0.4, 0.5) is 0 Å². The Hall–Kier alpha value is -2.32. The van der Waals surface area contributed by atoms with E-state index in [4.69, 9.17) is 14.2 Å². The van der Waals surface area contributed by atoms with Crippen LogP contribution in [0.3, 0.4) is 0 Å². The minimum absolute atomic E-state index is 0.0138. The average Bonchev–Trinajstić information content (AvgIpc) is 2.94. The fraction of sp³-hybridized carbons (Fsp3) is 0.571. The van der Waals surface area contributed by atoms with E-state index in [1.54, 1.807) is 24.3 Å². The molecule has 2 aromatic rings. The molecule has 2 aromatic carbocycles. The number of benzene rings is 2. The van der Waals surface area contributed by atoms with Gasteiger partial charge in [-0.15, -0.1) is 0 Å². The molecule has 0 radical (unpaired) electrons. The third-order valence-electron chi connectivity index (χ3n) is 6.02. The van der Waals surface area contributed by atoms with Crippen molar-refractivity contribution in [3.8, 4) is 11.5 Å². The van der Waals surface area contributed by atoms with Gasteiger partial charge in [-0.25, -0.2) is 0 Å². The number of aromatic hydroxyl groups is 2. The van der Waals surface area contributed by atoms with Gasteiger partial charge in [-0.2, -0.15) is 0 Å². The molecule has 0 fully saturated rings. The summed E-state index contributed by atoms with van der Waals surface area (Å²) in [5.74, 6) is 0.0276. The zero-order chi connectivity index (χ0) is 28.3. The molecule has 0 aliphatic carbocycles. The van der Waals surface area contributed by atoms with Gasteiger partial charge >= 0.3 is 0 Å². The van der Waals surface area contributed by atoms with Gasteiger partial charge in [0.05, 0.1) is 51.8 Å². The summed E-state index contributed by atoms with van der Waals surface area (Å²) in [5, 5.41) is 64.4. The molecule has 2 atom stereocenters. The maximum atomic E-state index is 10.2. The lowest BCUT2D eigenvalue weighted by molar-refractivity contribution is 0.0137. The fourth-order valence-corrected chi connectivity index (χ4v) is 3.73. The van der Waals surface area contributed by atoms with E-state index < -0.39 is 12.2 Å². The molecular weight excluding hydrogens is 508 g/mol. The molecular formula is C28H44N2O9. The van der Waals surface area contributed by atoms with Crippen molar-refractivity contribution in [2.24, 2.45) is 0 Å². The van der Waals surface area contributed by atoms with Gasteiger partial charge in [0.1, 0.15) is 11.5 Å². The molecule has 0 bridgehead atoms. The van der Waals surface area contributed by atoms with Crippen molar-refractivity contribution >= 4 is 0 Å². The van der Waals surface area contributed by atoms with E-state index in [1.165, 1.54) is 12.1 Å². The molecule has 0 heterocycles. The van der Waals surface area contributed by atoms with Crippen LogP contribution in [0.5, 0.6) is 11.5 Å². The number of phenols is 2. The topological polar surface area (TPSA) is 173 Å². The average molecular weight is 553 g/mol. The molecule has 39 heavy (non-hydrogen) atoms. The van der Waals surface area contributed by atoms with Gasteiger partial charge in [-0.05, 0) is 61.3 Å². The predicted octanol–water partition coefficient (Wildman–Crippen LogP) is 0.859. The summed E-state index contributed by atoms with van der Waals surface area (Å²) in [4.78, 5) is 0. The van der Waals surface area contributed by atoms with Gasteiger partial charge in [0, 0.05) is 37.4 Å². The second kappa shape index (κ2) is 19.7. The van der Waals surface area contributed by atoms with Gasteiger partial charge in [0.15, 0.2) is 0 Å². The van der Waals surface area contributed by atoms with Crippen molar-refractivity contribution in [2.75, 3.05) is 65.8 Å². The first kappa shape index (κ1) is 32.9. The Morgan fingerprint density at radius 3 is 1.36 bits per heavy atom. The molecule has 0 saturated carbocycles. The summed E-state index contributed by atoms with van der Waals surface area (Å²) < 4.78 is 16.6. The second-order valence-corrected chi connectivity index (χ2v) is 9.08. The number of hydrogen-bond donors (Lipinski definition) is 8. The van der Waals surface area contributed by atoms with Crippen LogP contribution in [0.15, 0.2) is 36.4 Å². The summed E-state index contributed by atoms with van der Waals surface area (Å²) >= 11 is 0. The van der Waals surface area contributed by atoms with E-state index in [1.807, 2.05) is 0 Å². The Morgan fingerprint density at radius 1 is 0.590 bits per heavy atom. The molecule has 11 heteroatoms. The molecule has 2 unspecified atom stereocenters. The Morgan fingerprint density at radius 2 is 0.974 bits per heavy atom. The maximum Gasteiger partial charge on any atom is 0.121 e. The highest BCUT2D eigenvalue weighted by Gasteiger charge is 2.11. The number of aliphatic hydroxyl groups excluding tert-OH is 4. The van der Waals surface area contributed by atoms with Gasteiger partial charge < -0.3 is 55.5 Å². The van der Waals surface area contributed by atoms with Crippen LogP contribution in [-0.2, 0) is 27.4 Å². The van der Waals surface area contributed by atoms with Crippen LogP contribution in [0.1, 0.15) is 47.3 Å². The maximum absolute atomic E-state index is 10.2. The van der Waals surface area contributed by atoms with E-state index >= 15 is 0 Å². The van der Waals surface area contributed by atoms with Gasteiger partial charge in [-0.1, -0.05) is 12.1 Å². The van der Waals surface area contributed by atoms with Crippen molar-refractivity contribution in [3.63, 3.8) is 0 Å². The third-order valence-corrected chi connectivity index (χ3v) is 6.02. The van der Waals surface area contributed by atoms with Gasteiger partial charge in [0.25, 0.3) is 0 Å². The summed E-state index contributed by atoms with van der Waals surface area (Å²) in [6.07, 6.45) is 0.123. The normalized spacial score (nSPS) is 13.0. The van der Waals surface area contributed by atoms with Gasteiger partial charge in [-0.3, -0.25) is 0 Å². The largest absolute Gasteiger partial charge is 0.508 e. The summed E-state index contributed by atoms with van der Waals surface area (Å²) in [6.45, 7) is 4.65. The van der Waals surface area contributed by atoms with Crippen LogP contribution in [-0.4, -0.2) is 96.5 Å². The van der Waals surface area contributed by atoms with Crippen LogP contribution in [0.25, 0.3) is 0 Å². The molecule has 0 amide bonds. The molecule has 8 N–H and O–H groups in total. The molecule has 0 aliphatic rings. The Labute approximate surface area is 230 Å². The zero-order valence-electron chi connectivity index (χ0n) is 22.4. The minimum atomic E-state index is -0.727. The lowest BCUT2D eigenvalue weighted by atomic mass is 10.1. The number of aliphatic hydroxyl groups is 4. The summed E-state index contributed by atoms with van der Waals surface area (Å²) in [7, 11) is 0. The van der Waals surface area contributed by atoms with Crippen molar-refractivity contribution < 1.29 is 44.8 Å². The van der Waals surface area contributed by atoms with E-state index in [0.717, 1.165) is 12.8 Å².